The molecule has 0 saturated carbocycles. The van der Waals surface area contributed by atoms with E-state index in [9.17, 15) is 0 Å². The third-order valence-corrected chi connectivity index (χ3v) is 11.4. The Balaban J connectivity index is 1.23. The van der Waals surface area contributed by atoms with E-state index >= 15 is 0 Å². The second-order valence-corrected chi connectivity index (χ2v) is 14.4. The molecule has 0 atom stereocenters. The molecule has 1 aliphatic carbocycles. The maximum atomic E-state index is 6.24. The van der Waals surface area contributed by atoms with Gasteiger partial charge in [0.15, 0.2) is 0 Å². The highest BCUT2D eigenvalue weighted by atomic mass is 16.3. The monoisotopic (exact) mass is 636 g/mol. The van der Waals surface area contributed by atoms with Gasteiger partial charge >= 0.3 is 0 Å². The predicted molar refractivity (Wildman–Crippen MR) is 212 cm³/mol. The molecule has 1 aromatic heterocycles. The molecule has 0 aliphatic heterocycles. The van der Waals surface area contributed by atoms with Gasteiger partial charge in [-0.15, -0.1) is 0 Å². The van der Waals surface area contributed by atoms with Crippen LogP contribution in [-0.2, 0) is 5.41 Å². The van der Waals surface area contributed by atoms with Crippen LogP contribution in [-0.4, -0.2) is 0 Å². The van der Waals surface area contributed by atoms with Gasteiger partial charge in [0, 0.05) is 16.2 Å². The fourth-order valence-electron chi connectivity index (χ4n) is 9.11. The topological polar surface area (TPSA) is 13.1 Å². The molecule has 234 valence electrons. The molecular weight excluding hydrogens is 605 g/mol. The Morgan fingerprint density at radius 3 is 1.94 bits per heavy atom. The van der Waals surface area contributed by atoms with Crippen LogP contribution in [0.5, 0.6) is 0 Å². The summed E-state index contributed by atoms with van der Waals surface area (Å²) in [4.78, 5) is 0. The first-order valence-electron chi connectivity index (χ1n) is 17.5. The SMILES string of the molecule is CC1(C)c2ccccc2-c2c(-c3ccc4oc5ccccc5c4c3)cc3ccc(-c4c5ccccc5cc5c4ccc4ccccc45)cc3c21. The van der Waals surface area contributed by atoms with Crippen molar-refractivity contribution in [1.82, 2.24) is 0 Å². The van der Waals surface area contributed by atoms with Gasteiger partial charge in [-0.05, 0) is 124 Å². The highest BCUT2D eigenvalue weighted by Gasteiger charge is 2.38. The van der Waals surface area contributed by atoms with Crippen LogP contribution in [0.25, 0.3) is 98.4 Å². The van der Waals surface area contributed by atoms with Gasteiger partial charge in [0.05, 0.1) is 0 Å². The first-order chi connectivity index (χ1) is 24.5. The number of hydrogen-bond acceptors (Lipinski definition) is 1. The molecule has 1 aliphatic rings. The van der Waals surface area contributed by atoms with E-state index in [1.165, 1.54) is 87.6 Å². The Bertz CT molecular complexity index is 3060. The molecule has 0 saturated heterocycles. The van der Waals surface area contributed by atoms with Gasteiger partial charge < -0.3 is 4.42 Å². The fourth-order valence-corrected chi connectivity index (χ4v) is 9.11. The molecule has 50 heavy (non-hydrogen) atoms. The number of hydrogen-bond donors (Lipinski definition) is 0. The van der Waals surface area contributed by atoms with Gasteiger partial charge in [0.25, 0.3) is 0 Å². The van der Waals surface area contributed by atoms with Crippen molar-refractivity contribution in [1.29, 1.82) is 0 Å². The molecule has 0 bridgehead atoms. The van der Waals surface area contributed by atoms with Crippen molar-refractivity contribution in [3.8, 4) is 33.4 Å². The van der Waals surface area contributed by atoms with Crippen LogP contribution in [0.15, 0.2) is 162 Å². The van der Waals surface area contributed by atoms with Crippen molar-refractivity contribution in [3.63, 3.8) is 0 Å². The zero-order chi connectivity index (χ0) is 33.1. The fraction of sp³-hybridized carbons (Fsp3) is 0.0612. The second-order valence-electron chi connectivity index (χ2n) is 14.4. The van der Waals surface area contributed by atoms with Gasteiger partial charge in [0.1, 0.15) is 11.2 Å². The van der Waals surface area contributed by atoms with Crippen LogP contribution in [0.2, 0.25) is 0 Å². The van der Waals surface area contributed by atoms with Crippen molar-refractivity contribution in [2.75, 3.05) is 0 Å². The zero-order valence-electron chi connectivity index (χ0n) is 27.9. The Labute approximate surface area is 290 Å². The van der Waals surface area contributed by atoms with E-state index in [0.29, 0.717) is 0 Å². The molecule has 1 heteroatoms. The third kappa shape index (κ3) is 3.72. The van der Waals surface area contributed by atoms with Gasteiger partial charge in [-0.3, -0.25) is 0 Å². The van der Waals surface area contributed by atoms with Crippen molar-refractivity contribution < 1.29 is 4.42 Å². The molecule has 1 nitrogen and oxygen atoms in total. The van der Waals surface area contributed by atoms with Crippen LogP contribution in [0.1, 0.15) is 25.0 Å². The summed E-state index contributed by atoms with van der Waals surface area (Å²) in [5.41, 5.74) is 12.2. The quantitative estimate of drug-likeness (QED) is 0.136. The first kappa shape index (κ1) is 27.7. The van der Waals surface area contributed by atoms with E-state index in [1.54, 1.807) is 0 Å². The lowest BCUT2D eigenvalue weighted by atomic mass is 9.78. The van der Waals surface area contributed by atoms with E-state index in [4.69, 9.17) is 4.42 Å². The average molecular weight is 637 g/mol. The second kappa shape index (κ2) is 9.94. The van der Waals surface area contributed by atoms with Crippen molar-refractivity contribution in [2.45, 2.75) is 19.3 Å². The van der Waals surface area contributed by atoms with E-state index < -0.39 is 0 Å². The largest absolute Gasteiger partial charge is 0.456 e. The average Bonchev–Trinajstić information content (AvgIpc) is 3.65. The Hall–Kier alpha value is -6.18. The molecule has 0 spiro atoms. The molecule has 0 fully saturated rings. The third-order valence-electron chi connectivity index (χ3n) is 11.4. The van der Waals surface area contributed by atoms with E-state index in [2.05, 4.69) is 166 Å². The number of benzene rings is 9. The van der Waals surface area contributed by atoms with Crippen LogP contribution in [0.4, 0.5) is 0 Å². The highest BCUT2D eigenvalue weighted by Crippen LogP contribution is 2.55. The molecule has 0 amide bonds. The van der Waals surface area contributed by atoms with E-state index in [1.807, 2.05) is 6.07 Å². The zero-order valence-corrected chi connectivity index (χ0v) is 27.9. The minimum atomic E-state index is -0.178. The predicted octanol–water partition coefficient (Wildman–Crippen LogP) is 13.8. The molecule has 0 unspecified atom stereocenters. The Morgan fingerprint density at radius 2 is 1.04 bits per heavy atom. The summed E-state index contributed by atoms with van der Waals surface area (Å²) in [5, 5.41) is 12.6. The number of rotatable bonds is 2. The van der Waals surface area contributed by atoms with E-state index in [0.717, 1.165) is 21.9 Å². The standard InChI is InChI=1S/C49H32O/c1-49(2)43-17-9-7-16-38(43)47-39(31-22-24-45-42(27-31)36-15-8-10-18-44(36)50-45)25-32-19-20-33(28-40(32)48(47)49)46-35-14-6-4-12-30(35)26-41-34-13-5-3-11-29(34)21-23-37(41)46/h3-28H,1-2H3. The van der Waals surface area contributed by atoms with Crippen molar-refractivity contribution in [3.05, 3.63) is 169 Å². The summed E-state index contributed by atoms with van der Waals surface area (Å²) in [6.07, 6.45) is 0. The highest BCUT2D eigenvalue weighted by molar-refractivity contribution is 6.21. The van der Waals surface area contributed by atoms with Gasteiger partial charge in [-0.25, -0.2) is 0 Å². The van der Waals surface area contributed by atoms with Crippen molar-refractivity contribution in [2.24, 2.45) is 0 Å². The first-order valence-corrected chi connectivity index (χ1v) is 17.5. The normalized spacial score (nSPS) is 13.6. The molecular formula is C49H32O. The summed E-state index contributed by atoms with van der Waals surface area (Å²) in [6.45, 7) is 4.81. The molecule has 10 aromatic rings. The summed E-state index contributed by atoms with van der Waals surface area (Å²) in [5.74, 6) is 0. The Morgan fingerprint density at radius 1 is 0.380 bits per heavy atom. The van der Waals surface area contributed by atoms with Crippen LogP contribution >= 0.6 is 0 Å². The lowest BCUT2D eigenvalue weighted by molar-refractivity contribution is 0.666. The lowest BCUT2D eigenvalue weighted by Crippen LogP contribution is -2.15. The van der Waals surface area contributed by atoms with Gasteiger partial charge in [-0.2, -0.15) is 0 Å². The van der Waals surface area contributed by atoms with Crippen LogP contribution < -0.4 is 0 Å². The van der Waals surface area contributed by atoms with Crippen LogP contribution in [0.3, 0.4) is 0 Å². The van der Waals surface area contributed by atoms with Gasteiger partial charge in [0.2, 0.25) is 0 Å². The minimum Gasteiger partial charge on any atom is -0.456 e. The number of para-hydroxylation sites is 1. The maximum absolute atomic E-state index is 6.24. The van der Waals surface area contributed by atoms with Crippen LogP contribution in [0, 0.1) is 0 Å². The summed E-state index contributed by atoms with van der Waals surface area (Å²) < 4.78 is 6.24. The molecule has 0 N–H and O–H groups in total. The Kier molecular flexibility index (Phi) is 5.51. The van der Waals surface area contributed by atoms with Crippen molar-refractivity contribution >= 4 is 65.0 Å². The molecule has 1 heterocycles. The smallest absolute Gasteiger partial charge is 0.135 e. The summed E-state index contributed by atoms with van der Waals surface area (Å²) in [7, 11) is 0. The minimum absolute atomic E-state index is 0.178. The molecule has 0 radical (unpaired) electrons. The summed E-state index contributed by atoms with van der Waals surface area (Å²) in [6, 6.07) is 58.3. The lowest BCUT2D eigenvalue weighted by Gasteiger charge is -2.24. The maximum Gasteiger partial charge on any atom is 0.135 e. The molecule has 9 aromatic carbocycles. The number of furan rings is 1. The van der Waals surface area contributed by atoms with Gasteiger partial charge in [-0.1, -0.05) is 135 Å². The molecule has 11 rings (SSSR count). The van der Waals surface area contributed by atoms with E-state index in [-0.39, 0.29) is 5.41 Å². The number of fused-ring (bicyclic) bond motifs is 12. The summed E-state index contributed by atoms with van der Waals surface area (Å²) >= 11 is 0.